The highest BCUT2D eigenvalue weighted by Crippen LogP contribution is 2.27. The molecule has 1 aliphatic carbocycles. The smallest absolute Gasteiger partial charge is 0.272 e. The van der Waals surface area contributed by atoms with Crippen LogP contribution < -0.4 is 10.0 Å². The highest BCUT2D eigenvalue weighted by Gasteiger charge is 2.27. The van der Waals surface area contributed by atoms with Gasteiger partial charge in [0.1, 0.15) is 0 Å². The van der Waals surface area contributed by atoms with Crippen molar-refractivity contribution in [3.63, 3.8) is 0 Å². The summed E-state index contributed by atoms with van der Waals surface area (Å²) in [5.74, 6) is -0.373. The minimum Gasteiger partial charge on any atom is -0.347 e. The Morgan fingerprint density at radius 1 is 1.03 bits per heavy atom. The molecule has 4 rings (SSSR count). The van der Waals surface area contributed by atoms with Crippen LogP contribution in [0.2, 0.25) is 0 Å². The van der Waals surface area contributed by atoms with Crippen LogP contribution in [0.25, 0.3) is 5.69 Å². The van der Waals surface area contributed by atoms with Gasteiger partial charge in [-0.3, -0.25) is 4.79 Å². The van der Waals surface area contributed by atoms with E-state index < -0.39 is 10.0 Å². The van der Waals surface area contributed by atoms with E-state index in [2.05, 4.69) is 15.1 Å². The van der Waals surface area contributed by atoms with Gasteiger partial charge in [-0.15, -0.1) is 0 Å². The van der Waals surface area contributed by atoms with Gasteiger partial charge in [-0.2, -0.15) is 5.10 Å². The Labute approximate surface area is 176 Å². The fourth-order valence-electron chi connectivity index (χ4n) is 3.81. The maximum absolute atomic E-state index is 13.0. The van der Waals surface area contributed by atoms with Gasteiger partial charge in [-0.05, 0) is 49.6 Å². The van der Waals surface area contributed by atoms with Crippen LogP contribution in [0.4, 0.5) is 0 Å². The van der Waals surface area contributed by atoms with Gasteiger partial charge in [0, 0.05) is 17.8 Å². The summed E-state index contributed by atoms with van der Waals surface area (Å²) in [4.78, 5) is 13.0. The molecule has 0 atom stereocenters. The lowest BCUT2D eigenvalue weighted by Crippen LogP contribution is -2.26. The second-order valence-electron chi connectivity index (χ2n) is 7.29. The summed E-state index contributed by atoms with van der Waals surface area (Å²) in [7, 11) is -2.01. The maximum atomic E-state index is 13.0. The van der Waals surface area contributed by atoms with Crippen molar-refractivity contribution in [3.8, 4) is 5.69 Å². The van der Waals surface area contributed by atoms with Gasteiger partial charge in [-0.1, -0.05) is 42.5 Å². The van der Waals surface area contributed by atoms with Gasteiger partial charge in [-0.25, -0.2) is 17.8 Å². The second-order valence-corrected chi connectivity index (χ2v) is 9.22. The summed E-state index contributed by atoms with van der Waals surface area (Å²) in [5, 5.41) is 7.53. The average Bonchev–Trinajstić information content (AvgIpc) is 3.36. The number of carbonyl (C=O) groups is 1. The normalized spacial score (nSPS) is 13.2. The Kier molecular flexibility index (Phi) is 5.69. The molecule has 2 aromatic carbocycles. The molecule has 2 N–H and O–H groups in total. The van der Waals surface area contributed by atoms with Crippen LogP contribution in [0.5, 0.6) is 0 Å². The summed E-state index contributed by atoms with van der Waals surface area (Å²) in [5.41, 5.74) is 4.91. The highest BCUT2D eigenvalue weighted by molar-refractivity contribution is 7.88. The lowest BCUT2D eigenvalue weighted by Gasteiger charge is -2.11. The van der Waals surface area contributed by atoms with E-state index in [4.69, 9.17) is 0 Å². The third-order valence-corrected chi connectivity index (χ3v) is 6.67. The molecule has 7 nitrogen and oxygen atoms in total. The Balaban J connectivity index is 1.55. The second kappa shape index (κ2) is 8.41. The van der Waals surface area contributed by atoms with Crippen molar-refractivity contribution in [1.29, 1.82) is 0 Å². The van der Waals surface area contributed by atoms with Crippen LogP contribution in [-0.2, 0) is 35.2 Å². The van der Waals surface area contributed by atoms with Crippen molar-refractivity contribution in [2.24, 2.45) is 0 Å². The van der Waals surface area contributed by atoms with Crippen molar-refractivity contribution in [3.05, 3.63) is 82.7 Å². The van der Waals surface area contributed by atoms with Crippen molar-refractivity contribution in [2.75, 3.05) is 7.05 Å². The van der Waals surface area contributed by atoms with Gasteiger partial charge in [0.25, 0.3) is 5.91 Å². The summed E-state index contributed by atoms with van der Waals surface area (Å²) in [6.45, 7) is 0.237. The molecule has 0 saturated heterocycles. The summed E-state index contributed by atoms with van der Waals surface area (Å²) in [6.07, 6.45) is 2.74. The molecule has 1 amide bonds. The van der Waals surface area contributed by atoms with Crippen LogP contribution in [0.3, 0.4) is 0 Å². The predicted molar refractivity (Wildman–Crippen MR) is 115 cm³/mol. The first-order chi connectivity index (χ1) is 14.5. The zero-order valence-electron chi connectivity index (χ0n) is 16.8. The zero-order valence-corrected chi connectivity index (χ0v) is 17.6. The molecule has 8 heteroatoms. The number of hydrogen-bond acceptors (Lipinski definition) is 4. The highest BCUT2D eigenvalue weighted by atomic mass is 32.2. The Morgan fingerprint density at radius 2 is 1.73 bits per heavy atom. The summed E-state index contributed by atoms with van der Waals surface area (Å²) < 4.78 is 28.1. The predicted octanol–water partition coefficient (Wildman–Crippen LogP) is 2.34. The molecular formula is C22H24N4O3S. The number of nitrogens with one attached hydrogen (secondary N) is 2. The van der Waals surface area contributed by atoms with Crippen molar-refractivity contribution in [1.82, 2.24) is 19.8 Å². The van der Waals surface area contributed by atoms with E-state index >= 15 is 0 Å². The minimum atomic E-state index is -3.40. The number of hydrogen-bond donors (Lipinski definition) is 2. The van der Waals surface area contributed by atoms with Crippen LogP contribution >= 0.6 is 0 Å². The molecule has 1 heterocycles. The molecule has 156 valence electrons. The number of aromatic nitrogens is 2. The van der Waals surface area contributed by atoms with Crippen molar-refractivity contribution in [2.45, 2.75) is 31.6 Å². The van der Waals surface area contributed by atoms with E-state index in [0.717, 1.165) is 41.8 Å². The van der Waals surface area contributed by atoms with Crippen molar-refractivity contribution >= 4 is 15.9 Å². The molecule has 0 radical (unpaired) electrons. The first kappa shape index (κ1) is 20.3. The number of amides is 1. The number of benzene rings is 2. The van der Waals surface area contributed by atoms with E-state index in [1.807, 2.05) is 47.1 Å². The lowest BCUT2D eigenvalue weighted by molar-refractivity contribution is 0.0944. The fourth-order valence-corrected chi connectivity index (χ4v) is 4.64. The Morgan fingerprint density at radius 3 is 2.47 bits per heavy atom. The van der Waals surface area contributed by atoms with Crippen molar-refractivity contribution < 1.29 is 13.2 Å². The monoisotopic (exact) mass is 424 g/mol. The lowest BCUT2D eigenvalue weighted by atomic mass is 10.1. The van der Waals surface area contributed by atoms with Crippen LogP contribution in [0, 0.1) is 0 Å². The SMILES string of the molecule is CNS(=O)(=O)Cc1ccccc1CNC(=O)c1nn(-c2ccccc2)c2c1CCC2. The molecule has 0 unspecified atom stereocenters. The van der Waals surface area contributed by atoms with E-state index in [0.29, 0.717) is 11.3 Å². The summed E-state index contributed by atoms with van der Waals surface area (Å²) >= 11 is 0. The van der Waals surface area contributed by atoms with Gasteiger partial charge >= 0.3 is 0 Å². The van der Waals surface area contributed by atoms with Gasteiger partial charge in [0.05, 0.1) is 11.4 Å². The quantitative estimate of drug-likeness (QED) is 0.609. The molecule has 0 spiro atoms. The Hall–Kier alpha value is -2.97. The van der Waals surface area contributed by atoms with Crippen LogP contribution in [-0.4, -0.2) is 31.2 Å². The molecule has 0 saturated carbocycles. The molecule has 1 aliphatic rings. The number of carbonyl (C=O) groups excluding carboxylic acids is 1. The maximum Gasteiger partial charge on any atom is 0.272 e. The number of sulfonamides is 1. The van der Waals surface area contributed by atoms with Crippen LogP contribution in [0.1, 0.15) is 39.3 Å². The van der Waals surface area contributed by atoms with E-state index in [1.54, 1.807) is 12.1 Å². The third kappa shape index (κ3) is 4.15. The standard InChI is InChI=1S/C22H24N4O3S/c1-23-30(28,29)15-17-9-6-5-8-16(17)14-24-22(27)21-19-12-7-13-20(19)26(25-21)18-10-3-2-4-11-18/h2-6,8-11,23H,7,12-15H2,1H3,(H,24,27). The molecular weight excluding hydrogens is 400 g/mol. The molecule has 1 aromatic heterocycles. The average molecular weight is 425 g/mol. The third-order valence-electron chi connectivity index (χ3n) is 5.36. The zero-order chi connectivity index (χ0) is 21.1. The van der Waals surface area contributed by atoms with Gasteiger partial charge < -0.3 is 5.32 Å². The number of fused-ring (bicyclic) bond motifs is 1. The van der Waals surface area contributed by atoms with E-state index in [9.17, 15) is 13.2 Å². The first-order valence-electron chi connectivity index (χ1n) is 9.91. The van der Waals surface area contributed by atoms with Gasteiger partial charge in [0.2, 0.25) is 10.0 Å². The molecule has 0 bridgehead atoms. The number of nitrogens with zero attached hydrogens (tertiary/aromatic N) is 2. The topological polar surface area (TPSA) is 93.1 Å². The summed E-state index contributed by atoms with van der Waals surface area (Å²) in [6, 6.07) is 17.0. The number of rotatable bonds is 7. The van der Waals surface area contributed by atoms with Gasteiger partial charge in [0.15, 0.2) is 5.69 Å². The van der Waals surface area contributed by atoms with E-state index in [1.165, 1.54) is 7.05 Å². The largest absolute Gasteiger partial charge is 0.347 e. The molecule has 0 aliphatic heterocycles. The minimum absolute atomic E-state index is 0.131. The van der Waals surface area contributed by atoms with Crippen LogP contribution in [0.15, 0.2) is 54.6 Å². The Bertz CT molecular complexity index is 1170. The molecule has 0 fully saturated rings. The number of para-hydroxylation sites is 1. The molecule has 3 aromatic rings. The fraction of sp³-hybridized carbons (Fsp3) is 0.273. The first-order valence-corrected chi connectivity index (χ1v) is 11.6. The molecule has 30 heavy (non-hydrogen) atoms. The van der Waals surface area contributed by atoms with E-state index in [-0.39, 0.29) is 18.2 Å².